The van der Waals surface area contributed by atoms with Crippen molar-refractivity contribution in [1.29, 1.82) is 0 Å². The van der Waals surface area contributed by atoms with E-state index in [1.807, 2.05) is 13.0 Å². The van der Waals surface area contributed by atoms with Crippen molar-refractivity contribution in [2.24, 2.45) is 10.9 Å². The zero-order chi connectivity index (χ0) is 20.8. The maximum absolute atomic E-state index is 11.9. The van der Waals surface area contributed by atoms with Crippen LogP contribution >= 0.6 is 11.6 Å². The number of halogens is 1. The van der Waals surface area contributed by atoms with Crippen LogP contribution in [0.3, 0.4) is 0 Å². The van der Waals surface area contributed by atoms with Gasteiger partial charge in [-0.15, -0.1) is 0 Å². The summed E-state index contributed by atoms with van der Waals surface area (Å²) >= 11 is 6.19. The summed E-state index contributed by atoms with van der Waals surface area (Å²) in [6.45, 7) is 4.14. The van der Waals surface area contributed by atoms with Gasteiger partial charge < -0.3 is 14.8 Å². The molecule has 5 nitrogen and oxygen atoms in total. The molecule has 0 saturated heterocycles. The van der Waals surface area contributed by atoms with E-state index in [1.54, 1.807) is 24.4 Å². The first-order chi connectivity index (χ1) is 13.9. The largest absolute Gasteiger partial charge is 0.504 e. The number of pyridine rings is 1. The van der Waals surface area contributed by atoms with E-state index in [0.717, 1.165) is 17.7 Å². The number of rotatable bonds is 3. The van der Waals surface area contributed by atoms with E-state index in [4.69, 9.17) is 21.3 Å². The van der Waals surface area contributed by atoms with Crippen LogP contribution in [0.2, 0.25) is 5.02 Å². The van der Waals surface area contributed by atoms with Gasteiger partial charge in [0.25, 0.3) is 0 Å². The fraction of sp³-hybridized carbons (Fsp3) is 0.304. The number of nitrogens with one attached hydrogen (secondary N) is 1. The van der Waals surface area contributed by atoms with Crippen LogP contribution in [-0.2, 0) is 12.0 Å². The molecule has 150 valence electrons. The Balaban J connectivity index is 1.92. The number of ether oxygens (including phenoxy) is 1. The standard InChI is InChI=1S/C23H23ClN2O3/c1-4-17-14-7-13(2)11-23(17,18-5-6-21(27)26-19(18)9-14)25-12-15-8-16(24)10-20(29-3)22(15)28/h4-8,10,12,14,28H,9,11H2,1-3H3,(H,26,27)/b17-4-,25-12?. The zero-order valence-corrected chi connectivity index (χ0v) is 17.4. The molecule has 0 radical (unpaired) electrons. The first-order valence-corrected chi connectivity index (χ1v) is 9.94. The smallest absolute Gasteiger partial charge is 0.248 e. The highest BCUT2D eigenvalue weighted by molar-refractivity contribution is 6.31. The predicted octanol–water partition coefficient (Wildman–Crippen LogP) is 4.53. The lowest BCUT2D eigenvalue weighted by molar-refractivity contribution is 0.373. The Kier molecular flexibility index (Phi) is 4.87. The van der Waals surface area contributed by atoms with Crippen molar-refractivity contribution in [3.8, 4) is 11.5 Å². The number of hydrogen-bond acceptors (Lipinski definition) is 4. The first-order valence-electron chi connectivity index (χ1n) is 9.56. The van der Waals surface area contributed by atoms with Gasteiger partial charge in [-0.3, -0.25) is 9.79 Å². The van der Waals surface area contributed by atoms with Crippen molar-refractivity contribution >= 4 is 17.8 Å². The van der Waals surface area contributed by atoms with Crippen molar-refractivity contribution in [3.05, 3.63) is 79.8 Å². The molecule has 29 heavy (non-hydrogen) atoms. The number of nitrogens with zero attached hydrogens (tertiary/aromatic N) is 1. The predicted molar refractivity (Wildman–Crippen MR) is 115 cm³/mol. The van der Waals surface area contributed by atoms with E-state index < -0.39 is 5.54 Å². The molecule has 6 heteroatoms. The highest BCUT2D eigenvalue weighted by Crippen LogP contribution is 2.52. The maximum Gasteiger partial charge on any atom is 0.248 e. The molecule has 0 aliphatic heterocycles. The summed E-state index contributed by atoms with van der Waals surface area (Å²) in [5.41, 5.74) is 4.12. The molecule has 2 aliphatic carbocycles. The minimum absolute atomic E-state index is 0.00352. The number of fused-ring (bicyclic) bond motifs is 4. The van der Waals surface area contributed by atoms with Crippen LogP contribution in [0.15, 0.2) is 57.4 Å². The molecule has 2 aromatic rings. The normalized spacial score (nSPS) is 24.5. The van der Waals surface area contributed by atoms with Gasteiger partial charge in [0.2, 0.25) is 5.56 Å². The van der Waals surface area contributed by atoms with E-state index in [-0.39, 0.29) is 17.2 Å². The average Bonchev–Trinajstić information content (AvgIpc) is 2.67. The van der Waals surface area contributed by atoms with Gasteiger partial charge in [0, 0.05) is 52.5 Å². The molecular weight excluding hydrogens is 388 g/mol. The minimum Gasteiger partial charge on any atom is -0.504 e. The Morgan fingerprint density at radius 1 is 1.38 bits per heavy atom. The second-order valence-corrected chi connectivity index (χ2v) is 8.06. The average molecular weight is 411 g/mol. The van der Waals surface area contributed by atoms with Crippen molar-refractivity contribution < 1.29 is 9.84 Å². The molecule has 2 N–H and O–H groups in total. The number of phenolic OH excluding ortho intramolecular Hbond substituents is 1. The van der Waals surface area contributed by atoms with Crippen LogP contribution in [0.5, 0.6) is 11.5 Å². The molecule has 4 rings (SSSR count). The Hall–Kier alpha value is -2.79. The Morgan fingerprint density at radius 2 is 2.17 bits per heavy atom. The lowest BCUT2D eigenvalue weighted by Crippen LogP contribution is -2.40. The van der Waals surface area contributed by atoms with Crippen molar-refractivity contribution in [2.45, 2.75) is 32.2 Å². The summed E-state index contributed by atoms with van der Waals surface area (Å²) < 4.78 is 5.21. The molecule has 0 spiro atoms. The van der Waals surface area contributed by atoms with Gasteiger partial charge in [0.1, 0.15) is 5.54 Å². The van der Waals surface area contributed by atoms with E-state index in [2.05, 4.69) is 24.1 Å². The fourth-order valence-corrected chi connectivity index (χ4v) is 4.90. The van der Waals surface area contributed by atoms with Gasteiger partial charge in [-0.1, -0.05) is 29.3 Å². The number of benzene rings is 1. The second kappa shape index (κ2) is 7.23. The third-order valence-corrected chi connectivity index (χ3v) is 6.01. The summed E-state index contributed by atoms with van der Waals surface area (Å²) in [4.78, 5) is 20.0. The Bertz CT molecular complexity index is 1130. The number of aromatic nitrogens is 1. The van der Waals surface area contributed by atoms with Crippen LogP contribution in [0.25, 0.3) is 0 Å². The number of methoxy groups -OCH3 is 1. The number of aromatic hydroxyl groups is 1. The number of aromatic amines is 1. The van der Waals surface area contributed by atoms with Crippen LogP contribution in [0.4, 0.5) is 0 Å². The second-order valence-electron chi connectivity index (χ2n) is 7.62. The molecular formula is C23H23ClN2O3. The maximum atomic E-state index is 11.9. The van der Waals surface area contributed by atoms with Gasteiger partial charge in [-0.2, -0.15) is 0 Å². The van der Waals surface area contributed by atoms with Gasteiger partial charge in [0.15, 0.2) is 11.5 Å². The topological polar surface area (TPSA) is 74.7 Å². The molecule has 2 bridgehead atoms. The monoisotopic (exact) mass is 410 g/mol. The molecule has 0 fully saturated rings. The van der Waals surface area contributed by atoms with Gasteiger partial charge >= 0.3 is 0 Å². The van der Waals surface area contributed by atoms with Crippen molar-refractivity contribution in [1.82, 2.24) is 4.98 Å². The highest BCUT2D eigenvalue weighted by Gasteiger charge is 2.46. The SMILES string of the molecule is C/C=C1/C2C=C(C)CC1(N=Cc1cc(Cl)cc(OC)c1O)c1ccc(=O)[nH]c1C2. The molecule has 0 amide bonds. The molecule has 1 heterocycles. The summed E-state index contributed by atoms with van der Waals surface area (Å²) in [7, 11) is 1.48. The fourth-order valence-electron chi connectivity index (χ4n) is 4.68. The van der Waals surface area contributed by atoms with Gasteiger partial charge in [-0.25, -0.2) is 0 Å². The number of phenols is 1. The van der Waals surface area contributed by atoms with Crippen LogP contribution in [0.1, 0.15) is 37.1 Å². The third-order valence-electron chi connectivity index (χ3n) is 5.79. The highest BCUT2D eigenvalue weighted by atomic mass is 35.5. The van der Waals surface area contributed by atoms with E-state index in [0.29, 0.717) is 22.8 Å². The molecule has 0 saturated carbocycles. The van der Waals surface area contributed by atoms with Crippen molar-refractivity contribution in [3.63, 3.8) is 0 Å². The summed E-state index contributed by atoms with van der Waals surface area (Å²) in [5.74, 6) is 0.476. The van der Waals surface area contributed by atoms with Crippen LogP contribution < -0.4 is 10.3 Å². The number of hydrogen-bond donors (Lipinski definition) is 2. The molecule has 1 aromatic heterocycles. The zero-order valence-electron chi connectivity index (χ0n) is 16.6. The number of aliphatic imine (C=N–C) groups is 1. The molecule has 2 aliphatic rings. The molecule has 2 atom stereocenters. The number of allylic oxidation sites excluding steroid dienone is 2. The molecule has 1 aromatic carbocycles. The lowest BCUT2D eigenvalue weighted by atomic mass is 9.63. The van der Waals surface area contributed by atoms with E-state index >= 15 is 0 Å². The summed E-state index contributed by atoms with van der Waals surface area (Å²) in [6.07, 6.45) is 7.49. The van der Waals surface area contributed by atoms with Gasteiger partial charge in [0.05, 0.1) is 7.11 Å². The van der Waals surface area contributed by atoms with Crippen LogP contribution in [-0.4, -0.2) is 23.4 Å². The quantitative estimate of drug-likeness (QED) is 0.576. The van der Waals surface area contributed by atoms with Crippen LogP contribution in [0, 0.1) is 5.92 Å². The lowest BCUT2D eigenvalue weighted by Gasteiger charge is -2.45. The Morgan fingerprint density at radius 3 is 2.90 bits per heavy atom. The summed E-state index contributed by atoms with van der Waals surface area (Å²) in [5, 5.41) is 11.0. The van der Waals surface area contributed by atoms with E-state index in [1.165, 1.54) is 18.3 Å². The summed E-state index contributed by atoms with van der Waals surface area (Å²) in [6, 6.07) is 6.65. The van der Waals surface area contributed by atoms with E-state index in [9.17, 15) is 9.90 Å². The third kappa shape index (κ3) is 3.19. The van der Waals surface area contributed by atoms with Crippen molar-refractivity contribution in [2.75, 3.05) is 7.11 Å². The minimum atomic E-state index is -0.627. The number of H-pyrrole nitrogens is 1. The van der Waals surface area contributed by atoms with Gasteiger partial charge in [-0.05, 0) is 38.0 Å². The Labute approximate surface area is 174 Å². The first kappa shape index (κ1) is 19.5. The molecule has 2 unspecified atom stereocenters.